The first-order valence-electron chi connectivity index (χ1n) is 7.08. The highest BCUT2D eigenvalue weighted by Crippen LogP contribution is 2.33. The quantitative estimate of drug-likeness (QED) is 0.385. The van der Waals surface area contributed by atoms with E-state index in [1.165, 1.54) is 27.2 Å². The van der Waals surface area contributed by atoms with Crippen molar-refractivity contribution in [1.82, 2.24) is 4.52 Å². The van der Waals surface area contributed by atoms with Gasteiger partial charge >= 0.3 is 0 Å². The van der Waals surface area contributed by atoms with Gasteiger partial charge < -0.3 is 4.74 Å². The van der Waals surface area contributed by atoms with Gasteiger partial charge in [0.1, 0.15) is 16.8 Å². The second-order valence-corrected chi connectivity index (χ2v) is 5.42. The van der Waals surface area contributed by atoms with Crippen molar-refractivity contribution in [3.63, 3.8) is 0 Å². The third-order valence-electron chi connectivity index (χ3n) is 4.30. The predicted molar refractivity (Wildman–Crippen MR) is 84.9 cm³/mol. The van der Waals surface area contributed by atoms with Crippen molar-refractivity contribution in [1.29, 1.82) is 0 Å². The summed E-state index contributed by atoms with van der Waals surface area (Å²) in [6.07, 6.45) is 2.10. The van der Waals surface area contributed by atoms with Crippen molar-refractivity contribution in [2.45, 2.75) is 6.92 Å². The van der Waals surface area contributed by atoms with Crippen LogP contribution in [0.2, 0.25) is 0 Å². The lowest BCUT2D eigenvalue weighted by molar-refractivity contribution is -0.735. The predicted octanol–water partition coefficient (Wildman–Crippen LogP) is 3.39. The molecule has 2 aromatic carbocycles. The third-order valence-corrected chi connectivity index (χ3v) is 4.30. The Morgan fingerprint density at radius 2 is 1.71 bits per heavy atom. The molecule has 4 rings (SSSR count). The zero-order valence-corrected chi connectivity index (χ0v) is 12.4. The molecule has 0 saturated carbocycles. The maximum atomic E-state index is 5.51. The lowest BCUT2D eigenvalue weighted by atomic mass is 10.0. The highest BCUT2D eigenvalue weighted by Gasteiger charge is 2.17. The van der Waals surface area contributed by atoms with Gasteiger partial charge in [0.2, 0.25) is 0 Å². The van der Waals surface area contributed by atoms with Crippen LogP contribution in [-0.2, 0) is 7.05 Å². The van der Waals surface area contributed by atoms with Gasteiger partial charge in [0, 0.05) is 22.4 Å². The number of fused-ring (bicyclic) bond motifs is 6. The average Bonchev–Trinajstić information content (AvgIpc) is 2.90. The third kappa shape index (κ3) is 1.51. The highest BCUT2D eigenvalue weighted by atomic mass is 16.5. The monoisotopic (exact) mass is 277 g/mol. The first kappa shape index (κ1) is 12.2. The molecule has 0 fully saturated rings. The fourth-order valence-electron chi connectivity index (χ4n) is 3.30. The van der Waals surface area contributed by atoms with Gasteiger partial charge in [0.15, 0.2) is 13.2 Å². The number of nitrogens with zero attached hydrogens (tertiary/aromatic N) is 2. The van der Waals surface area contributed by atoms with E-state index in [-0.39, 0.29) is 0 Å². The molecule has 0 aliphatic rings. The van der Waals surface area contributed by atoms with Gasteiger partial charge in [-0.1, -0.05) is 24.3 Å². The minimum atomic E-state index is 0.924. The summed E-state index contributed by atoms with van der Waals surface area (Å²) in [7, 11) is 3.79. The van der Waals surface area contributed by atoms with Gasteiger partial charge in [-0.05, 0) is 24.4 Å². The summed E-state index contributed by atoms with van der Waals surface area (Å²) < 4.78 is 9.89. The fourth-order valence-corrected chi connectivity index (χ4v) is 3.30. The number of benzene rings is 2. The summed E-state index contributed by atoms with van der Waals surface area (Å²) in [4.78, 5) is 0. The topological polar surface area (TPSA) is 17.5 Å². The Morgan fingerprint density at radius 1 is 0.952 bits per heavy atom. The van der Waals surface area contributed by atoms with Crippen LogP contribution in [0.1, 0.15) is 5.56 Å². The van der Waals surface area contributed by atoms with E-state index in [1.807, 2.05) is 0 Å². The van der Waals surface area contributed by atoms with Crippen molar-refractivity contribution < 1.29 is 9.42 Å². The molecule has 2 heterocycles. The molecule has 4 aromatic rings. The Balaban J connectivity index is 2.41. The molecule has 21 heavy (non-hydrogen) atoms. The van der Waals surface area contributed by atoms with Crippen molar-refractivity contribution >= 4 is 27.2 Å². The zero-order valence-electron chi connectivity index (χ0n) is 12.4. The van der Waals surface area contributed by atoms with Crippen molar-refractivity contribution in [3.05, 3.63) is 54.2 Å². The van der Waals surface area contributed by atoms with E-state index >= 15 is 0 Å². The SMILES string of the molecule is COc1ccc2c3ccccc3c3cc[n+](C)n3c2c1C. The zero-order chi connectivity index (χ0) is 14.6. The van der Waals surface area contributed by atoms with Crippen LogP contribution in [-0.4, -0.2) is 11.6 Å². The van der Waals surface area contributed by atoms with Crippen LogP contribution in [0.5, 0.6) is 5.75 Å². The molecule has 0 atom stereocenters. The lowest BCUT2D eigenvalue weighted by Crippen LogP contribution is -2.34. The van der Waals surface area contributed by atoms with Crippen LogP contribution >= 0.6 is 0 Å². The standard InChI is InChI=1S/C18H17N2O/c1-12-17(21-3)9-8-15-13-6-4-5-7-14(13)16-10-11-19(2)20(16)18(12)15/h4-11H,1-3H3/q+1. The van der Waals surface area contributed by atoms with Crippen LogP contribution in [0.25, 0.3) is 27.2 Å². The smallest absolute Gasteiger partial charge is 0.196 e. The maximum absolute atomic E-state index is 5.51. The van der Waals surface area contributed by atoms with Gasteiger partial charge in [0.05, 0.1) is 7.11 Å². The van der Waals surface area contributed by atoms with Crippen molar-refractivity contribution in [3.8, 4) is 5.75 Å². The Labute approximate surface area is 123 Å². The van der Waals surface area contributed by atoms with Gasteiger partial charge in [-0.25, -0.2) is 0 Å². The van der Waals surface area contributed by atoms with Crippen LogP contribution < -0.4 is 9.42 Å². The molecule has 104 valence electrons. The summed E-state index contributed by atoms with van der Waals surface area (Å²) in [5.41, 5.74) is 3.59. The minimum Gasteiger partial charge on any atom is -0.496 e. The average molecular weight is 277 g/mol. The lowest BCUT2D eigenvalue weighted by Gasteiger charge is -2.11. The van der Waals surface area contributed by atoms with Crippen LogP contribution in [0.3, 0.4) is 0 Å². The van der Waals surface area contributed by atoms with E-state index < -0.39 is 0 Å². The number of pyridine rings is 1. The van der Waals surface area contributed by atoms with Gasteiger partial charge in [-0.2, -0.15) is 0 Å². The second-order valence-electron chi connectivity index (χ2n) is 5.42. The van der Waals surface area contributed by atoms with Crippen molar-refractivity contribution in [2.75, 3.05) is 7.11 Å². The fraction of sp³-hybridized carbons (Fsp3) is 0.167. The summed E-state index contributed by atoms with van der Waals surface area (Å²) in [5.74, 6) is 0.924. The molecule has 2 aromatic heterocycles. The highest BCUT2D eigenvalue weighted by molar-refractivity contribution is 6.13. The molecule has 3 nitrogen and oxygen atoms in total. The van der Waals surface area contributed by atoms with E-state index in [0.29, 0.717) is 0 Å². The first-order chi connectivity index (χ1) is 10.2. The number of ether oxygens (including phenoxy) is 1. The first-order valence-corrected chi connectivity index (χ1v) is 7.08. The molecule has 0 aliphatic heterocycles. The van der Waals surface area contributed by atoms with Gasteiger partial charge in [0.25, 0.3) is 0 Å². The largest absolute Gasteiger partial charge is 0.496 e. The molecular formula is C18H17N2O+. The van der Waals surface area contributed by atoms with Gasteiger partial charge in [-0.3, -0.25) is 0 Å². The number of hydrogen-bond donors (Lipinski definition) is 0. The summed E-state index contributed by atoms with van der Waals surface area (Å²) in [6, 6.07) is 14.9. The molecule has 3 heteroatoms. The molecular weight excluding hydrogens is 260 g/mol. The minimum absolute atomic E-state index is 0.924. The van der Waals surface area contributed by atoms with Gasteiger partial charge in [-0.15, -0.1) is 9.20 Å². The molecule has 0 bridgehead atoms. The molecule has 0 amide bonds. The normalized spacial score (nSPS) is 11.6. The second kappa shape index (κ2) is 4.22. The summed E-state index contributed by atoms with van der Waals surface area (Å²) in [6.45, 7) is 2.12. The number of aryl methyl sites for hydroxylation is 2. The number of rotatable bonds is 1. The number of methoxy groups -OCH3 is 1. The molecule has 0 spiro atoms. The summed E-state index contributed by atoms with van der Waals surface area (Å²) >= 11 is 0. The summed E-state index contributed by atoms with van der Waals surface area (Å²) in [5, 5.41) is 3.81. The van der Waals surface area contributed by atoms with E-state index in [1.54, 1.807) is 7.11 Å². The molecule has 0 saturated heterocycles. The molecule has 0 aliphatic carbocycles. The maximum Gasteiger partial charge on any atom is 0.196 e. The van der Waals surface area contributed by atoms with E-state index in [4.69, 9.17) is 4.74 Å². The van der Waals surface area contributed by atoms with E-state index in [2.05, 4.69) is 71.8 Å². The van der Waals surface area contributed by atoms with E-state index in [0.717, 1.165) is 11.3 Å². The Kier molecular flexibility index (Phi) is 2.45. The number of aromatic nitrogens is 2. The number of hydrogen-bond acceptors (Lipinski definition) is 1. The van der Waals surface area contributed by atoms with Crippen molar-refractivity contribution in [2.24, 2.45) is 7.05 Å². The molecule has 0 unspecified atom stereocenters. The van der Waals surface area contributed by atoms with Crippen LogP contribution in [0.15, 0.2) is 48.7 Å². The Hall–Kier alpha value is -2.55. The Bertz CT molecular complexity index is 999. The van der Waals surface area contributed by atoms with Crippen LogP contribution in [0, 0.1) is 6.92 Å². The van der Waals surface area contributed by atoms with Crippen LogP contribution in [0.4, 0.5) is 0 Å². The molecule has 0 N–H and O–H groups in total. The van der Waals surface area contributed by atoms with E-state index in [9.17, 15) is 0 Å². The Morgan fingerprint density at radius 3 is 2.48 bits per heavy atom. The molecule has 0 radical (unpaired) electrons.